The van der Waals surface area contributed by atoms with Crippen LogP contribution in [0.4, 0.5) is 35.5 Å². The maximum atomic E-state index is 13.8. The van der Waals surface area contributed by atoms with E-state index >= 15 is 0 Å². The number of hydrogen-bond donors (Lipinski definition) is 3. The molecule has 2 aliphatic rings. The third kappa shape index (κ3) is 6.28. The number of nitrogens with zero attached hydrogens (tertiary/aromatic N) is 4. The van der Waals surface area contributed by atoms with Gasteiger partial charge in [0.05, 0.1) is 30.7 Å². The Balaban J connectivity index is 1.59. The van der Waals surface area contributed by atoms with E-state index in [0.29, 0.717) is 11.8 Å². The summed E-state index contributed by atoms with van der Waals surface area (Å²) in [4.78, 5) is 30.1. The van der Waals surface area contributed by atoms with Gasteiger partial charge in [-0.3, -0.25) is 10.2 Å². The summed E-state index contributed by atoms with van der Waals surface area (Å²) in [5, 5.41) is 23.2. The Morgan fingerprint density at radius 2 is 1.98 bits per heavy atom. The van der Waals surface area contributed by atoms with Gasteiger partial charge >= 0.3 is 12.2 Å². The smallest absolute Gasteiger partial charge is 0.410 e. The van der Waals surface area contributed by atoms with Crippen molar-refractivity contribution < 1.29 is 45.4 Å². The van der Waals surface area contributed by atoms with E-state index in [1.807, 2.05) is 5.32 Å². The molecule has 2 aromatic rings. The topological polar surface area (TPSA) is 138 Å². The van der Waals surface area contributed by atoms with Crippen LogP contribution in [0.15, 0.2) is 30.3 Å². The fourth-order valence-corrected chi connectivity index (χ4v) is 4.73. The number of hydrogen-bond acceptors (Lipinski definition) is 5. The molecule has 10 nitrogen and oxygen atoms in total. The first kappa shape index (κ1) is 29.1. The highest BCUT2D eigenvalue weighted by molar-refractivity contribution is 6.21. The van der Waals surface area contributed by atoms with Crippen LogP contribution in [0, 0.1) is 11.3 Å². The van der Waals surface area contributed by atoms with E-state index in [1.165, 1.54) is 23.0 Å². The van der Waals surface area contributed by atoms with Gasteiger partial charge in [-0.1, -0.05) is 0 Å². The maximum absolute atomic E-state index is 13.8. The fourth-order valence-electron chi connectivity index (χ4n) is 4.73. The predicted molar refractivity (Wildman–Crippen MR) is 125 cm³/mol. The van der Waals surface area contributed by atoms with Crippen LogP contribution in [0.3, 0.4) is 0 Å². The molecule has 5 N–H and O–H groups in total. The Morgan fingerprint density at radius 1 is 1.30 bits per heavy atom. The second kappa shape index (κ2) is 10.9. The van der Waals surface area contributed by atoms with Crippen molar-refractivity contribution in [2.24, 2.45) is 5.92 Å². The van der Waals surface area contributed by atoms with E-state index in [4.69, 9.17) is 10.5 Å². The number of fused-ring (bicyclic) bond motifs is 1. The summed E-state index contributed by atoms with van der Waals surface area (Å²) >= 11 is 0. The van der Waals surface area contributed by atoms with E-state index in [1.54, 1.807) is 0 Å². The van der Waals surface area contributed by atoms with Crippen molar-refractivity contribution in [1.29, 1.82) is 5.41 Å². The average molecular weight is 580 g/mol. The van der Waals surface area contributed by atoms with Crippen molar-refractivity contribution in [3.63, 3.8) is 0 Å². The summed E-state index contributed by atoms with van der Waals surface area (Å²) in [5.74, 6) is -4.67. The maximum Gasteiger partial charge on any atom is 0.410 e. The summed E-state index contributed by atoms with van der Waals surface area (Å²) in [6.45, 7) is -0.817. The van der Waals surface area contributed by atoms with Gasteiger partial charge in [0.25, 0.3) is 12.3 Å². The average Bonchev–Trinajstić information content (AvgIpc) is 3.46. The minimum atomic E-state index is -4.62. The lowest BCUT2D eigenvalue weighted by Crippen LogP contribution is -2.40. The molecule has 218 valence electrons. The van der Waals surface area contributed by atoms with Crippen LogP contribution >= 0.6 is 0 Å². The van der Waals surface area contributed by atoms with E-state index in [9.17, 15) is 40.3 Å². The number of carbonyl (C=O) groups is 2. The number of alkyl halides is 7. The van der Waals surface area contributed by atoms with Crippen LogP contribution in [-0.4, -0.2) is 73.4 Å². The van der Waals surface area contributed by atoms with Gasteiger partial charge < -0.3 is 20.6 Å². The van der Waals surface area contributed by atoms with Gasteiger partial charge in [-0.15, -0.1) is 0 Å². The van der Waals surface area contributed by atoms with Crippen LogP contribution in [0.25, 0.3) is 5.65 Å². The van der Waals surface area contributed by atoms with E-state index in [2.05, 4.69) is 15.4 Å². The Bertz CT molecular complexity index is 1320. The lowest BCUT2D eigenvalue weighted by atomic mass is 9.81. The highest BCUT2D eigenvalue weighted by Crippen LogP contribution is 2.41. The largest absolute Gasteiger partial charge is 0.598 e. The summed E-state index contributed by atoms with van der Waals surface area (Å²) in [6.07, 6.45) is -6.00. The molecule has 0 aromatic carbocycles. The Kier molecular flexibility index (Phi) is 7.94. The van der Waals surface area contributed by atoms with E-state index in [-0.39, 0.29) is 30.7 Å². The molecule has 3 amide bonds. The number of imidazole rings is 1. The predicted octanol–water partition coefficient (Wildman–Crippen LogP) is 3.06. The van der Waals surface area contributed by atoms with E-state index in [0.717, 1.165) is 4.90 Å². The number of rotatable bonds is 8. The molecule has 0 unspecified atom stereocenters. The van der Waals surface area contributed by atoms with Crippen LogP contribution in [0.5, 0.6) is 0 Å². The summed E-state index contributed by atoms with van der Waals surface area (Å²) in [6, 6.07) is -2.54. The molecule has 1 saturated carbocycles. The number of nitrogens with one attached hydrogen (secondary N) is 3. The molecule has 4 rings (SSSR count). The molecule has 2 aromatic heterocycles. The molecule has 17 heteroatoms. The third-order valence-corrected chi connectivity index (χ3v) is 6.89. The zero-order valence-electron chi connectivity index (χ0n) is 20.6. The molecule has 1 aliphatic heterocycles. The summed E-state index contributed by atoms with van der Waals surface area (Å²) < 4.78 is 93.9. The van der Waals surface area contributed by atoms with E-state index < -0.39 is 79.1 Å². The van der Waals surface area contributed by atoms with Crippen LogP contribution < -0.4 is 10.6 Å². The van der Waals surface area contributed by atoms with Gasteiger partial charge in [-0.25, -0.2) is 31.9 Å². The van der Waals surface area contributed by atoms with Crippen LogP contribution in [0.2, 0.25) is 0 Å². The Morgan fingerprint density at radius 3 is 2.55 bits per heavy atom. The van der Waals surface area contributed by atoms with Gasteiger partial charge in [-0.05, 0) is 30.4 Å². The SMILES string of the molecule is N=C(/C(=C\[OH2+])C(=O)N[C@H](c1cn2ncc(CN3C[C@@H](C(F)(F)F)NC3=O)cc2n1)C1CCC(F)(F)CC1)C(F)F. The van der Waals surface area contributed by atoms with Crippen LogP contribution in [0.1, 0.15) is 43.0 Å². The van der Waals surface area contributed by atoms with Gasteiger partial charge in [0.2, 0.25) is 12.2 Å². The van der Waals surface area contributed by atoms with Crippen molar-refractivity contribution in [3.05, 3.63) is 41.6 Å². The van der Waals surface area contributed by atoms with Crippen molar-refractivity contribution in [1.82, 2.24) is 30.1 Å². The molecular weight excluding hydrogens is 555 g/mol. The molecule has 3 heterocycles. The Labute approximate surface area is 221 Å². The number of aromatic nitrogens is 3. The molecule has 2 atom stereocenters. The first-order chi connectivity index (χ1) is 18.7. The molecule has 0 bridgehead atoms. The molecular formula is C23H25F7N7O3+. The quantitative estimate of drug-likeness (QED) is 0.145. The second-order valence-corrected chi connectivity index (χ2v) is 9.67. The zero-order chi connectivity index (χ0) is 29.4. The highest BCUT2D eigenvalue weighted by Gasteiger charge is 2.47. The molecule has 1 aliphatic carbocycles. The molecule has 0 spiro atoms. The summed E-state index contributed by atoms with van der Waals surface area (Å²) in [5.41, 5.74) is -1.63. The fraction of sp³-hybridized carbons (Fsp3) is 0.522. The normalized spacial score (nSPS) is 21.1. The first-order valence-electron chi connectivity index (χ1n) is 12.1. The minimum absolute atomic E-state index is 0.0405. The number of amides is 3. The number of halogens is 7. The lowest BCUT2D eigenvalue weighted by Gasteiger charge is -2.33. The lowest BCUT2D eigenvalue weighted by molar-refractivity contribution is -0.149. The van der Waals surface area contributed by atoms with Crippen LogP contribution in [-0.2, 0) is 11.3 Å². The molecule has 40 heavy (non-hydrogen) atoms. The number of urea groups is 1. The van der Waals surface area contributed by atoms with Crippen molar-refractivity contribution in [3.8, 4) is 0 Å². The third-order valence-electron chi connectivity index (χ3n) is 6.89. The minimum Gasteiger partial charge on any atom is -0.598 e. The highest BCUT2D eigenvalue weighted by atomic mass is 19.4. The Hall–Kier alpha value is -3.92. The van der Waals surface area contributed by atoms with Crippen molar-refractivity contribution >= 4 is 23.3 Å². The van der Waals surface area contributed by atoms with Crippen molar-refractivity contribution in [2.45, 2.75) is 62.8 Å². The standard InChI is InChI=1S/C23H24F7N7O3/c24-19(25)17(31)13(10-38)20(39)35-18(12-1-3-22(26,27)4-2-12)14-8-37-16(33-14)5-11(6-32-37)7-36-9-15(23(28,29)30)34-21(36)40/h5-6,8,10,12,15,18-19,31,38H,1-4,7,9H2,(H,34,40)(H,35,39)/p+1/b13-10+,31-17?/t15-,18-/m0/s1. The zero-order valence-corrected chi connectivity index (χ0v) is 20.6. The second-order valence-electron chi connectivity index (χ2n) is 9.67. The molecule has 1 saturated heterocycles. The van der Waals surface area contributed by atoms with Gasteiger partial charge in [0, 0.05) is 19.4 Å². The van der Waals surface area contributed by atoms with Gasteiger partial charge in [-0.2, -0.15) is 18.3 Å². The molecule has 2 fully saturated rings. The first-order valence-corrected chi connectivity index (χ1v) is 12.1. The van der Waals surface area contributed by atoms with Crippen molar-refractivity contribution in [2.75, 3.05) is 6.54 Å². The monoisotopic (exact) mass is 580 g/mol. The summed E-state index contributed by atoms with van der Waals surface area (Å²) in [7, 11) is 0. The number of carbonyl (C=O) groups excluding carboxylic acids is 2. The van der Waals surface area contributed by atoms with Gasteiger partial charge in [0.1, 0.15) is 11.8 Å². The van der Waals surface area contributed by atoms with Gasteiger partial charge in [0.15, 0.2) is 11.2 Å². The molecule has 0 radical (unpaired) electrons.